The highest BCUT2D eigenvalue weighted by atomic mass is 35.5. The summed E-state index contributed by atoms with van der Waals surface area (Å²) >= 11 is 6.00. The smallest absolute Gasteiger partial charge is 0.254 e. The summed E-state index contributed by atoms with van der Waals surface area (Å²) in [6.45, 7) is 7.09. The SMILES string of the molecule is CCNc1cc(C(=O)N(CC)CCCN(C)C)cc(Cl)n1. The van der Waals surface area contributed by atoms with E-state index < -0.39 is 0 Å². The molecule has 1 N–H and O–H groups in total. The predicted molar refractivity (Wildman–Crippen MR) is 88.2 cm³/mol. The van der Waals surface area contributed by atoms with Crippen LogP contribution in [0.3, 0.4) is 0 Å². The van der Waals surface area contributed by atoms with Gasteiger partial charge in [0.15, 0.2) is 0 Å². The molecule has 0 aliphatic carbocycles. The van der Waals surface area contributed by atoms with Crippen LogP contribution in [-0.4, -0.2) is 61.0 Å². The zero-order valence-electron chi connectivity index (χ0n) is 13.3. The monoisotopic (exact) mass is 312 g/mol. The third-order valence-electron chi connectivity index (χ3n) is 3.10. The van der Waals surface area contributed by atoms with Crippen LogP contribution in [0.15, 0.2) is 12.1 Å². The van der Waals surface area contributed by atoms with Crippen molar-refractivity contribution in [3.05, 3.63) is 22.8 Å². The molecule has 0 unspecified atom stereocenters. The highest BCUT2D eigenvalue weighted by Gasteiger charge is 2.15. The van der Waals surface area contributed by atoms with Gasteiger partial charge in [-0.15, -0.1) is 0 Å². The van der Waals surface area contributed by atoms with Gasteiger partial charge in [-0.3, -0.25) is 4.79 Å². The van der Waals surface area contributed by atoms with E-state index in [2.05, 4.69) is 15.2 Å². The van der Waals surface area contributed by atoms with Crippen LogP contribution in [0, 0.1) is 0 Å². The Labute approximate surface area is 132 Å². The molecule has 0 aliphatic heterocycles. The lowest BCUT2D eigenvalue weighted by molar-refractivity contribution is 0.0759. The number of amides is 1. The van der Waals surface area contributed by atoms with Gasteiger partial charge < -0.3 is 15.1 Å². The molecule has 0 radical (unpaired) electrons. The third-order valence-corrected chi connectivity index (χ3v) is 3.29. The Kier molecular flexibility index (Phi) is 7.47. The van der Waals surface area contributed by atoms with Gasteiger partial charge in [-0.1, -0.05) is 11.6 Å². The van der Waals surface area contributed by atoms with Gasteiger partial charge in [0.2, 0.25) is 0 Å². The van der Waals surface area contributed by atoms with Crippen LogP contribution in [0.1, 0.15) is 30.6 Å². The average molecular weight is 313 g/mol. The van der Waals surface area contributed by atoms with Gasteiger partial charge in [0.05, 0.1) is 0 Å². The standard InChI is InChI=1S/C15H25ClN4O/c1-5-17-14-11-12(10-13(16)18-14)15(21)20(6-2)9-7-8-19(3)4/h10-11H,5-9H2,1-4H3,(H,17,18). The molecule has 21 heavy (non-hydrogen) atoms. The summed E-state index contributed by atoms with van der Waals surface area (Å²) < 4.78 is 0. The zero-order chi connectivity index (χ0) is 15.8. The summed E-state index contributed by atoms with van der Waals surface area (Å²) in [6.07, 6.45) is 0.950. The normalized spacial score (nSPS) is 10.8. The highest BCUT2D eigenvalue weighted by Crippen LogP contribution is 2.16. The first-order valence-corrected chi connectivity index (χ1v) is 7.71. The van der Waals surface area contributed by atoms with E-state index >= 15 is 0 Å². The lowest BCUT2D eigenvalue weighted by Crippen LogP contribution is -2.33. The number of nitrogens with zero attached hydrogens (tertiary/aromatic N) is 3. The van der Waals surface area contributed by atoms with E-state index in [4.69, 9.17) is 11.6 Å². The molecule has 0 spiro atoms. The second-order valence-corrected chi connectivity index (χ2v) is 5.52. The van der Waals surface area contributed by atoms with Crippen molar-refractivity contribution in [1.29, 1.82) is 0 Å². The van der Waals surface area contributed by atoms with Crippen molar-refractivity contribution in [2.45, 2.75) is 20.3 Å². The van der Waals surface area contributed by atoms with Crippen molar-refractivity contribution in [2.24, 2.45) is 0 Å². The van der Waals surface area contributed by atoms with Crippen molar-refractivity contribution in [3.8, 4) is 0 Å². The van der Waals surface area contributed by atoms with E-state index in [1.807, 2.05) is 32.8 Å². The lowest BCUT2D eigenvalue weighted by atomic mass is 10.2. The first kappa shape index (κ1) is 17.7. The Morgan fingerprint density at radius 2 is 2.00 bits per heavy atom. The van der Waals surface area contributed by atoms with Crippen molar-refractivity contribution >= 4 is 23.3 Å². The van der Waals surface area contributed by atoms with E-state index in [-0.39, 0.29) is 5.91 Å². The van der Waals surface area contributed by atoms with Crippen LogP contribution in [0.2, 0.25) is 5.15 Å². The molecule has 0 aromatic carbocycles. The minimum atomic E-state index is -0.000269. The number of hydrogen-bond donors (Lipinski definition) is 1. The lowest BCUT2D eigenvalue weighted by Gasteiger charge is -2.22. The van der Waals surface area contributed by atoms with Crippen molar-refractivity contribution in [3.63, 3.8) is 0 Å². The fourth-order valence-electron chi connectivity index (χ4n) is 2.06. The summed E-state index contributed by atoms with van der Waals surface area (Å²) in [7, 11) is 4.06. The number of pyridine rings is 1. The van der Waals surface area contributed by atoms with Crippen LogP contribution in [0.4, 0.5) is 5.82 Å². The maximum absolute atomic E-state index is 12.6. The van der Waals surface area contributed by atoms with E-state index in [9.17, 15) is 4.79 Å². The van der Waals surface area contributed by atoms with E-state index in [0.29, 0.717) is 23.1 Å². The molecule has 5 nitrogen and oxygen atoms in total. The summed E-state index contributed by atoms with van der Waals surface area (Å²) in [5.41, 5.74) is 0.581. The Balaban J connectivity index is 2.79. The third kappa shape index (κ3) is 5.89. The fourth-order valence-corrected chi connectivity index (χ4v) is 2.26. The Morgan fingerprint density at radius 3 is 2.57 bits per heavy atom. The van der Waals surface area contributed by atoms with Crippen LogP contribution in [0.5, 0.6) is 0 Å². The largest absolute Gasteiger partial charge is 0.370 e. The molecule has 1 rings (SSSR count). The molecule has 0 saturated carbocycles. The highest BCUT2D eigenvalue weighted by molar-refractivity contribution is 6.29. The summed E-state index contributed by atoms with van der Waals surface area (Å²) in [6, 6.07) is 3.38. The van der Waals surface area contributed by atoms with Crippen LogP contribution >= 0.6 is 11.6 Å². The quantitative estimate of drug-likeness (QED) is 0.750. The van der Waals surface area contributed by atoms with Gasteiger partial charge in [-0.25, -0.2) is 4.98 Å². The number of rotatable bonds is 8. The molecule has 0 fully saturated rings. The Hall–Kier alpha value is -1.33. The molecule has 0 aliphatic rings. The number of anilines is 1. The summed E-state index contributed by atoms with van der Waals surface area (Å²) in [4.78, 5) is 20.7. The second kappa shape index (κ2) is 8.85. The molecule has 1 heterocycles. The minimum absolute atomic E-state index is 0.000269. The molecule has 118 valence electrons. The molecule has 1 aromatic rings. The van der Waals surface area contributed by atoms with Crippen molar-refractivity contribution in [1.82, 2.24) is 14.8 Å². The molecule has 1 amide bonds. The minimum Gasteiger partial charge on any atom is -0.370 e. The van der Waals surface area contributed by atoms with Gasteiger partial charge in [0.1, 0.15) is 11.0 Å². The summed E-state index contributed by atoms with van der Waals surface area (Å²) in [5.74, 6) is 0.636. The molecule has 0 saturated heterocycles. The van der Waals surface area contributed by atoms with Crippen LogP contribution in [-0.2, 0) is 0 Å². The molecule has 0 atom stereocenters. The number of halogens is 1. The molecule has 6 heteroatoms. The second-order valence-electron chi connectivity index (χ2n) is 5.14. The fraction of sp³-hybridized carbons (Fsp3) is 0.600. The van der Waals surface area contributed by atoms with Gasteiger partial charge in [0.25, 0.3) is 5.91 Å². The van der Waals surface area contributed by atoms with Crippen LogP contribution in [0.25, 0.3) is 0 Å². The number of aromatic nitrogens is 1. The average Bonchev–Trinajstić information content (AvgIpc) is 2.42. The topological polar surface area (TPSA) is 48.5 Å². The van der Waals surface area contributed by atoms with Crippen molar-refractivity contribution < 1.29 is 4.79 Å². The number of nitrogens with one attached hydrogen (secondary N) is 1. The predicted octanol–water partition coefficient (Wildman–Crippen LogP) is 2.58. The van der Waals surface area contributed by atoms with Gasteiger partial charge in [-0.05, 0) is 53.0 Å². The van der Waals surface area contributed by atoms with Gasteiger partial charge >= 0.3 is 0 Å². The maximum Gasteiger partial charge on any atom is 0.254 e. The molecule has 0 bridgehead atoms. The Bertz CT molecular complexity index is 465. The van der Waals surface area contributed by atoms with Crippen LogP contribution < -0.4 is 5.32 Å². The number of hydrogen-bond acceptors (Lipinski definition) is 4. The van der Waals surface area contributed by atoms with E-state index in [0.717, 1.165) is 26.1 Å². The Morgan fingerprint density at radius 1 is 1.29 bits per heavy atom. The zero-order valence-corrected chi connectivity index (χ0v) is 14.1. The number of carbonyl (C=O) groups excluding carboxylic acids is 1. The van der Waals surface area contributed by atoms with Gasteiger partial charge in [0, 0.05) is 25.2 Å². The van der Waals surface area contributed by atoms with Crippen molar-refractivity contribution in [2.75, 3.05) is 45.6 Å². The maximum atomic E-state index is 12.6. The first-order valence-electron chi connectivity index (χ1n) is 7.33. The van der Waals surface area contributed by atoms with Gasteiger partial charge in [-0.2, -0.15) is 0 Å². The summed E-state index contributed by atoms with van der Waals surface area (Å²) in [5, 5.41) is 3.42. The number of carbonyl (C=O) groups is 1. The van der Waals surface area contributed by atoms with E-state index in [1.165, 1.54) is 0 Å². The molecule has 1 aromatic heterocycles. The molecular formula is C15H25ClN4O. The van der Waals surface area contributed by atoms with E-state index in [1.54, 1.807) is 12.1 Å². The molecular weight excluding hydrogens is 288 g/mol. The first-order chi connectivity index (χ1) is 9.97.